The first-order valence-corrected chi connectivity index (χ1v) is 6.09. The summed E-state index contributed by atoms with van der Waals surface area (Å²) in [6.45, 7) is 0.568. The van der Waals surface area contributed by atoms with E-state index >= 15 is 0 Å². The summed E-state index contributed by atoms with van der Waals surface area (Å²) < 4.78 is 21.4. The van der Waals surface area contributed by atoms with Crippen LogP contribution in [0.1, 0.15) is 17.5 Å². The van der Waals surface area contributed by atoms with Crippen LogP contribution in [-0.4, -0.2) is 16.4 Å². The predicted octanol–water partition coefficient (Wildman–Crippen LogP) is 2.42. The van der Waals surface area contributed by atoms with Crippen molar-refractivity contribution in [1.82, 2.24) is 9.78 Å². The van der Waals surface area contributed by atoms with Crippen LogP contribution in [0.5, 0.6) is 5.75 Å². The number of nitrogens with zero attached hydrogens (tertiary/aromatic N) is 3. The third-order valence-corrected chi connectivity index (χ3v) is 3.33. The molecule has 1 aromatic carbocycles. The summed E-state index contributed by atoms with van der Waals surface area (Å²) in [5, 5.41) is 13.4. The molecule has 2 heterocycles. The lowest BCUT2D eigenvalue weighted by atomic mass is 9.96. The summed E-state index contributed by atoms with van der Waals surface area (Å²) in [7, 11) is 1.72. The van der Waals surface area contributed by atoms with E-state index in [0.29, 0.717) is 18.1 Å². The standard InChI is InChI=1S/C14H12FN3O/c1-18-12(4-5-17-18)13-10(8-16)14-9(7-11(13)15)3-2-6-19-14/h4-5,7H,2-3,6H2,1H3. The van der Waals surface area contributed by atoms with E-state index in [1.807, 2.05) is 0 Å². The van der Waals surface area contributed by atoms with Gasteiger partial charge in [0.05, 0.1) is 17.9 Å². The minimum Gasteiger partial charge on any atom is -0.492 e. The maximum atomic E-state index is 14.3. The molecule has 96 valence electrons. The molecule has 1 aromatic heterocycles. The number of hydrogen-bond acceptors (Lipinski definition) is 3. The Morgan fingerprint density at radius 1 is 1.53 bits per heavy atom. The Labute approximate surface area is 110 Å². The zero-order valence-corrected chi connectivity index (χ0v) is 10.5. The Kier molecular flexibility index (Phi) is 2.71. The van der Waals surface area contributed by atoms with Crippen LogP contribution >= 0.6 is 0 Å². The first-order chi connectivity index (χ1) is 9.22. The minimum atomic E-state index is -0.399. The molecule has 0 saturated carbocycles. The molecule has 3 rings (SSSR count). The first-order valence-electron chi connectivity index (χ1n) is 6.09. The van der Waals surface area contributed by atoms with Crippen LogP contribution in [0, 0.1) is 17.1 Å². The highest BCUT2D eigenvalue weighted by Crippen LogP contribution is 2.37. The number of aryl methyl sites for hydroxylation is 2. The lowest BCUT2D eigenvalue weighted by molar-refractivity contribution is 0.287. The topological polar surface area (TPSA) is 50.8 Å². The summed E-state index contributed by atoms with van der Waals surface area (Å²) in [6.07, 6.45) is 3.17. The van der Waals surface area contributed by atoms with Crippen LogP contribution < -0.4 is 4.74 Å². The van der Waals surface area contributed by atoms with Gasteiger partial charge in [0.1, 0.15) is 23.2 Å². The van der Waals surface area contributed by atoms with Gasteiger partial charge >= 0.3 is 0 Å². The lowest BCUT2D eigenvalue weighted by Crippen LogP contribution is -2.12. The van der Waals surface area contributed by atoms with Crippen molar-refractivity contribution in [3.8, 4) is 23.1 Å². The van der Waals surface area contributed by atoms with Gasteiger partial charge in [-0.2, -0.15) is 10.4 Å². The van der Waals surface area contributed by atoms with Crippen molar-refractivity contribution in [2.24, 2.45) is 7.05 Å². The fraction of sp³-hybridized carbons (Fsp3) is 0.286. The molecular weight excluding hydrogens is 245 g/mol. The van der Waals surface area contributed by atoms with E-state index < -0.39 is 5.82 Å². The van der Waals surface area contributed by atoms with Crippen LogP contribution in [0.4, 0.5) is 4.39 Å². The van der Waals surface area contributed by atoms with E-state index in [4.69, 9.17) is 4.74 Å². The van der Waals surface area contributed by atoms with E-state index in [2.05, 4.69) is 11.2 Å². The van der Waals surface area contributed by atoms with Gasteiger partial charge in [-0.25, -0.2) is 4.39 Å². The van der Waals surface area contributed by atoms with Crippen LogP contribution in [0.15, 0.2) is 18.3 Å². The molecule has 0 atom stereocenters. The van der Waals surface area contributed by atoms with Crippen LogP contribution in [0.2, 0.25) is 0 Å². The van der Waals surface area contributed by atoms with Gasteiger partial charge in [-0.1, -0.05) is 0 Å². The Bertz CT molecular complexity index is 685. The molecule has 0 saturated heterocycles. The highest BCUT2D eigenvalue weighted by atomic mass is 19.1. The number of halogens is 1. The molecule has 19 heavy (non-hydrogen) atoms. The van der Waals surface area contributed by atoms with Crippen molar-refractivity contribution in [2.75, 3.05) is 6.61 Å². The second kappa shape index (κ2) is 4.39. The van der Waals surface area contributed by atoms with Crippen LogP contribution in [-0.2, 0) is 13.5 Å². The minimum absolute atomic E-state index is 0.262. The zero-order valence-electron chi connectivity index (χ0n) is 10.5. The molecule has 2 aromatic rings. The number of hydrogen-bond donors (Lipinski definition) is 0. The van der Waals surface area contributed by atoms with E-state index in [0.717, 1.165) is 18.4 Å². The van der Waals surface area contributed by atoms with E-state index in [-0.39, 0.29) is 11.1 Å². The molecule has 0 amide bonds. The Morgan fingerprint density at radius 3 is 3.05 bits per heavy atom. The van der Waals surface area contributed by atoms with Gasteiger partial charge in [0.15, 0.2) is 0 Å². The molecule has 5 heteroatoms. The van der Waals surface area contributed by atoms with Crippen LogP contribution in [0.25, 0.3) is 11.3 Å². The predicted molar refractivity (Wildman–Crippen MR) is 67.1 cm³/mol. The van der Waals surface area contributed by atoms with Crippen molar-refractivity contribution < 1.29 is 9.13 Å². The first kappa shape index (κ1) is 11.7. The summed E-state index contributed by atoms with van der Waals surface area (Å²) in [4.78, 5) is 0. The Morgan fingerprint density at radius 2 is 2.37 bits per heavy atom. The average Bonchev–Trinajstić information content (AvgIpc) is 2.83. The lowest BCUT2D eigenvalue weighted by Gasteiger charge is -2.20. The fourth-order valence-corrected chi connectivity index (χ4v) is 2.45. The van der Waals surface area contributed by atoms with Gasteiger partial charge in [-0.3, -0.25) is 4.68 Å². The third kappa shape index (κ3) is 1.76. The monoisotopic (exact) mass is 257 g/mol. The second-order valence-electron chi connectivity index (χ2n) is 4.50. The smallest absolute Gasteiger partial charge is 0.141 e. The van der Waals surface area contributed by atoms with Crippen molar-refractivity contribution in [3.05, 3.63) is 35.3 Å². The SMILES string of the molecule is Cn1nccc1-c1c(F)cc2c(c1C#N)OCCC2. The van der Waals surface area contributed by atoms with Gasteiger partial charge in [-0.05, 0) is 30.5 Å². The number of benzene rings is 1. The number of aromatic nitrogens is 2. The molecule has 0 aliphatic carbocycles. The number of nitriles is 1. The van der Waals surface area contributed by atoms with Gasteiger partial charge in [0.25, 0.3) is 0 Å². The zero-order chi connectivity index (χ0) is 13.4. The largest absolute Gasteiger partial charge is 0.492 e. The molecule has 4 nitrogen and oxygen atoms in total. The van der Waals surface area contributed by atoms with Crippen molar-refractivity contribution in [2.45, 2.75) is 12.8 Å². The van der Waals surface area contributed by atoms with E-state index in [9.17, 15) is 9.65 Å². The van der Waals surface area contributed by atoms with Gasteiger partial charge in [0.2, 0.25) is 0 Å². The van der Waals surface area contributed by atoms with Crippen LogP contribution in [0.3, 0.4) is 0 Å². The molecule has 1 aliphatic rings. The molecule has 0 unspecified atom stereocenters. The summed E-state index contributed by atoms with van der Waals surface area (Å²) in [5.74, 6) is 0.121. The van der Waals surface area contributed by atoms with Gasteiger partial charge in [0, 0.05) is 13.2 Å². The molecule has 0 radical (unpaired) electrons. The normalized spacial score (nSPS) is 13.5. The molecule has 1 aliphatic heterocycles. The number of fused-ring (bicyclic) bond motifs is 1. The van der Waals surface area contributed by atoms with Crippen molar-refractivity contribution >= 4 is 0 Å². The molecule has 0 bridgehead atoms. The van der Waals surface area contributed by atoms with E-state index in [1.54, 1.807) is 24.0 Å². The highest BCUT2D eigenvalue weighted by Gasteiger charge is 2.24. The van der Waals surface area contributed by atoms with Gasteiger partial charge in [-0.15, -0.1) is 0 Å². The Balaban J connectivity index is 2.31. The summed E-state index contributed by atoms with van der Waals surface area (Å²) in [6, 6.07) is 5.23. The molecule has 0 N–H and O–H groups in total. The molecule has 0 fully saturated rings. The highest BCUT2D eigenvalue weighted by molar-refractivity contribution is 5.73. The van der Waals surface area contributed by atoms with E-state index in [1.165, 1.54) is 6.07 Å². The van der Waals surface area contributed by atoms with Gasteiger partial charge < -0.3 is 4.74 Å². The third-order valence-electron chi connectivity index (χ3n) is 3.33. The Hall–Kier alpha value is -2.35. The average molecular weight is 257 g/mol. The fourth-order valence-electron chi connectivity index (χ4n) is 2.45. The maximum absolute atomic E-state index is 14.3. The summed E-state index contributed by atoms with van der Waals surface area (Å²) >= 11 is 0. The maximum Gasteiger partial charge on any atom is 0.141 e. The molecule has 0 spiro atoms. The summed E-state index contributed by atoms with van der Waals surface area (Å²) in [5.41, 5.74) is 1.87. The number of rotatable bonds is 1. The quantitative estimate of drug-likeness (QED) is 0.788. The van der Waals surface area contributed by atoms with Crippen molar-refractivity contribution in [3.63, 3.8) is 0 Å². The number of ether oxygens (including phenoxy) is 1. The second-order valence-corrected chi connectivity index (χ2v) is 4.50. The van der Waals surface area contributed by atoms with Crippen molar-refractivity contribution in [1.29, 1.82) is 5.26 Å². The molecular formula is C14H12FN3O.